The van der Waals surface area contributed by atoms with Crippen molar-refractivity contribution in [3.8, 4) is 22.4 Å². The first-order chi connectivity index (χ1) is 15.5. The van der Waals surface area contributed by atoms with Crippen molar-refractivity contribution in [3.63, 3.8) is 0 Å². The van der Waals surface area contributed by atoms with Crippen LogP contribution in [0.3, 0.4) is 0 Å². The average Bonchev–Trinajstić information content (AvgIpc) is 3.16. The molecule has 5 rings (SSSR count). The van der Waals surface area contributed by atoms with Crippen LogP contribution in [0, 0.1) is 13.8 Å². The van der Waals surface area contributed by atoms with Gasteiger partial charge in [0.2, 0.25) is 5.78 Å². The number of pyridine rings is 1. The van der Waals surface area contributed by atoms with E-state index in [-0.39, 0.29) is 5.78 Å². The van der Waals surface area contributed by atoms with E-state index in [1.54, 1.807) is 0 Å². The molecular weight excluding hydrogens is 412 g/mol. The zero-order valence-corrected chi connectivity index (χ0v) is 18.7. The first kappa shape index (κ1) is 20.2. The second-order valence-corrected chi connectivity index (χ2v) is 9.01. The Morgan fingerprint density at radius 2 is 1.44 bits per heavy atom. The Morgan fingerprint density at radius 1 is 0.812 bits per heavy atom. The molecule has 3 nitrogen and oxygen atoms in total. The van der Waals surface area contributed by atoms with Gasteiger partial charge in [0.05, 0.1) is 11.4 Å². The number of ketones is 1. The smallest absolute Gasteiger partial charge is 0.205 e. The molecule has 0 radical (unpaired) electrons. The summed E-state index contributed by atoms with van der Waals surface area (Å²) in [7, 11) is 0. The zero-order chi connectivity index (χ0) is 22.2. The molecule has 32 heavy (non-hydrogen) atoms. The predicted octanol–water partition coefficient (Wildman–Crippen LogP) is 7.06. The Morgan fingerprint density at radius 3 is 2.09 bits per heavy atom. The van der Waals surface area contributed by atoms with Crippen LogP contribution in [-0.4, -0.2) is 10.8 Å². The maximum Gasteiger partial charge on any atom is 0.205 e. The van der Waals surface area contributed by atoms with Crippen LogP contribution in [0.1, 0.15) is 26.4 Å². The lowest BCUT2D eigenvalue weighted by Gasteiger charge is -2.09. The molecule has 0 unspecified atom stereocenters. The second-order valence-electron chi connectivity index (χ2n) is 8.01. The average molecular weight is 435 g/mol. The summed E-state index contributed by atoms with van der Waals surface area (Å²) < 4.78 is 0. The van der Waals surface area contributed by atoms with Gasteiger partial charge in [0.15, 0.2) is 0 Å². The number of nitrogen functional groups attached to an aromatic ring is 1. The van der Waals surface area contributed by atoms with Crippen molar-refractivity contribution in [2.75, 3.05) is 5.73 Å². The van der Waals surface area contributed by atoms with Crippen LogP contribution in [0.5, 0.6) is 0 Å². The number of aromatic nitrogens is 1. The number of thiophene rings is 1. The highest BCUT2D eigenvalue weighted by molar-refractivity contribution is 7.21. The van der Waals surface area contributed by atoms with Crippen LogP contribution in [0.25, 0.3) is 32.6 Å². The number of nitrogens with zero attached hydrogens (tertiary/aromatic N) is 1. The first-order valence-corrected chi connectivity index (χ1v) is 11.3. The van der Waals surface area contributed by atoms with Crippen LogP contribution < -0.4 is 5.73 Å². The number of carbonyl (C=O) groups is 1. The Bertz CT molecular complexity index is 1430. The molecule has 0 saturated heterocycles. The van der Waals surface area contributed by atoms with Gasteiger partial charge in [-0.05, 0) is 31.0 Å². The van der Waals surface area contributed by atoms with Crippen LogP contribution in [-0.2, 0) is 0 Å². The quantitative estimate of drug-likeness (QED) is 0.308. The van der Waals surface area contributed by atoms with Crippen LogP contribution in [0.4, 0.5) is 5.69 Å². The standard InChI is InChI=1S/C28H22N2OS/c1-17-8-12-19(13-9-17)22-16-23(20-6-4-3-5-7-20)30-28-24(22)25(29)27(32-28)26(31)21-14-10-18(2)11-15-21/h3-16H,29H2,1-2H3. The molecule has 0 aliphatic rings. The monoisotopic (exact) mass is 434 g/mol. The molecule has 4 heteroatoms. The Kier molecular flexibility index (Phi) is 5.08. The lowest BCUT2D eigenvalue weighted by atomic mass is 9.98. The summed E-state index contributed by atoms with van der Waals surface area (Å²) >= 11 is 1.37. The molecule has 5 aromatic rings. The highest BCUT2D eigenvalue weighted by Gasteiger charge is 2.22. The van der Waals surface area contributed by atoms with E-state index in [0.29, 0.717) is 16.1 Å². The first-order valence-electron chi connectivity index (χ1n) is 10.5. The summed E-state index contributed by atoms with van der Waals surface area (Å²) in [5.41, 5.74) is 14.0. The maximum atomic E-state index is 13.3. The third kappa shape index (κ3) is 3.59. The molecule has 0 aliphatic heterocycles. The fourth-order valence-corrected chi connectivity index (χ4v) is 4.93. The van der Waals surface area contributed by atoms with Crippen molar-refractivity contribution in [2.45, 2.75) is 13.8 Å². The van der Waals surface area contributed by atoms with Crippen LogP contribution >= 0.6 is 11.3 Å². The van der Waals surface area contributed by atoms with Crippen molar-refractivity contribution in [1.29, 1.82) is 0 Å². The van der Waals surface area contributed by atoms with Crippen LogP contribution in [0.15, 0.2) is 84.9 Å². The molecule has 0 bridgehead atoms. The maximum absolute atomic E-state index is 13.3. The van der Waals surface area contributed by atoms with E-state index in [2.05, 4.69) is 37.3 Å². The molecule has 2 heterocycles. The van der Waals surface area contributed by atoms with Crippen LogP contribution in [0.2, 0.25) is 0 Å². The number of nitrogens with two attached hydrogens (primary N) is 1. The summed E-state index contributed by atoms with van der Waals surface area (Å²) in [6.45, 7) is 4.07. The molecule has 3 aromatic carbocycles. The number of fused-ring (bicyclic) bond motifs is 1. The molecule has 156 valence electrons. The highest BCUT2D eigenvalue weighted by atomic mass is 32.1. The third-order valence-corrected chi connectivity index (χ3v) is 6.75. The Labute approximate surface area is 191 Å². The number of hydrogen-bond donors (Lipinski definition) is 1. The number of benzene rings is 3. The minimum Gasteiger partial charge on any atom is -0.397 e. The summed E-state index contributed by atoms with van der Waals surface area (Å²) in [4.78, 5) is 19.5. The number of carbonyl (C=O) groups excluding carboxylic acids is 1. The summed E-state index contributed by atoms with van der Waals surface area (Å²) in [6, 6.07) is 28.1. The molecule has 0 atom stereocenters. The molecule has 2 aromatic heterocycles. The minimum absolute atomic E-state index is 0.0679. The fourth-order valence-electron chi connectivity index (χ4n) is 3.84. The predicted molar refractivity (Wildman–Crippen MR) is 134 cm³/mol. The van der Waals surface area contributed by atoms with E-state index in [1.807, 2.05) is 61.5 Å². The second kappa shape index (κ2) is 8.06. The van der Waals surface area contributed by atoms with Gasteiger partial charge in [0.25, 0.3) is 0 Å². The third-order valence-electron chi connectivity index (χ3n) is 5.65. The number of rotatable bonds is 4. The Balaban J connectivity index is 1.75. The van der Waals surface area contributed by atoms with E-state index in [1.165, 1.54) is 16.9 Å². The van der Waals surface area contributed by atoms with E-state index < -0.39 is 0 Å². The van der Waals surface area contributed by atoms with Gasteiger partial charge in [-0.25, -0.2) is 4.98 Å². The number of hydrogen-bond acceptors (Lipinski definition) is 4. The van der Waals surface area contributed by atoms with Gasteiger partial charge >= 0.3 is 0 Å². The van der Waals surface area contributed by atoms with Gasteiger partial charge < -0.3 is 5.73 Å². The van der Waals surface area contributed by atoms with Gasteiger partial charge in [-0.2, -0.15) is 0 Å². The SMILES string of the molecule is Cc1ccc(C(=O)c2sc3nc(-c4ccccc4)cc(-c4ccc(C)cc4)c3c2N)cc1. The van der Waals surface area contributed by atoms with Crippen molar-refractivity contribution < 1.29 is 4.79 Å². The van der Waals surface area contributed by atoms with E-state index in [4.69, 9.17) is 10.7 Å². The molecule has 0 amide bonds. The van der Waals surface area contributed by atoms with Crippen molar-refractivity contribution in [1.82, 2.24) is 4.98 Å². The minimum atomic E-state index is -0.0679. The van der Waals surface area contributed by atoms with E-state index in [9.17, 15) is 4.79 Å². The highest BCUT2D eigenvalue weighted by Crippen LogP contribution is 2.42. The van der Waals surface area contributed by atoms with E-state index in [0.717, 1.165) is 38.2 Å². The largest absolute Gasteiger partial charge is 0.397 e. The van der Waals surface area contributed by atoms with Gasteiger partial charge in [0, 0.05) is 16.5 Å². The van der Waals surface area contributed by atoms with Gasteiger partial charge in [-0.1, -0.05) is 90.0 Å². The molecule has 0 aliphatic carbocycles. The van der Waals surface area contributed by atoms with Gasteiger partial charge in [-0.15, -0.1) is 11.3 Å². The lowest BCUT2D eigenvalue weighted by Crippen LogP contribution is -2.02. The molecule has 0 spiro atoms. The summed E-state index contributed by atoms with van der Waals surface area (Å²) in [6.07, 6.45) is 0. The van der Waals surface area contributed by atoms with Crippen molar-refractivity contribution in [3.05, 3.63) is 106 Å². The normalized spacial score (nSPS) is 11.1. The topological polar surface area (TPSA) is 56.0 Å². The van der Waals surface area contributed by atoms with Gasteiger partial charge in [0.1, 0.15) is 9.71 Å². The lowest BCUT2D eigenvalue weighted by molar-refractivity contribution is 0.104. The van der Waals surface area contributed by atoms with Crippen molar-refractivity contribution in [2.24, 2.45) is 0 Å². The summed E-state index contributed by atoms with van der Waals surface area (Å²) in [5.74, 6) is -0.0679. The fraction of sp³-hybridized carbons (Fsp3) is 0.0714. The molecule has 0 fully saturated rings. The van der Waals surface area contributed by atoms with Crippen molar-refractivity contribution >= 4 is 33.0 Å². The number of anilines is 1. The number of aryl methyl sites for hydroxylation is 2. The molecular formula is C28H22N2OS. The van der Waals surface area contributed by atoms with Gasteiger partial charge in [-0.3, -0.25) is 4.79 Å². The molecule has 2 N–H and O–H groups in total. The zero-order valence-electron chi connectivity index (χ0n) is 17.9. The summed E-state index contributed by atoms with van der Waals surface area (Å²) in [5, 5.41) is 0.842. The Hall–Kier alpha value is -3.76. The molecule has 0 saturated carbocycles. The van der Waals surface area contributed by atoms with E-state index >= 15 is 0 Å².